The minimum Gasteiger partial charge on any atom is -0.467 e. The van der Waals surface area contributed by atoms with Gasteiger partial charge in [-0.1, -0.05) is 47.2 Å². The average Bonchev–Trinajstić information content (AvgIpc) is 3.40. The molecule has 0 saturated carbocycles. The van der Waals surface area contributed by atoms with Crippen LogP contribution in [0.2, 0.25) is 5.02 Å². The summed E-state index contributed by atoms with van der Waals surface area (Å²) in [6.45, 7) is 0.299. The third kappa shape index (κ3) is 4.40. The van der Waals surface area contributed by atoms with Gasteiger partial charge < -0.3 is 4.42 Å². The van der Waals surface area contributed by atoms with Crippen molar-refractivity contribution in [3.63, 3.8) is 0 Å². The minimum atomic E-state index is -0.189. The fraction of sp³-hybridized carbons (Fsp3) is 0.0909. The molecule has 0 N–H and O–H groups in total. The average molecular weight is 441 g/mol. The molecule has 4 aromatic rings. The first-order chi connectivity index (χ1) is 14.2. The summed E-state index contributed by atoms with van der Waals surface area (Å²) in [6, 6.07) is 17.1. The molecule has 0 unspecified atom stereocenters. The number of amides is 1. The molecule has 0 radical (unpaired) electrons. The Hall–Kier alpha value is -2.54. The Balaban J connectivity index is 1.70. The van der Waals surface area contributed by atoms with E-state index in [-0.39, 0.29) is 5.91 Å². The number of thioether (sulfide) groups is 1. The zero-order valence-corrected chi connectivity index (χ0v) is 17.9. The van der Waals surface area contributed by atoms with Crippen molar-refractivity contribution in [1.29, 1.82) is 0 Å². The van der Waals surface area contributed by atoms with E-state index in [9.17, 15) is 4.79 Å². The Kier molecular flexibility index (Phi) is 6.04. The zero-order valence-electron chi connectivity index (χ0n) is 15.5. The largest absolute Gasteiger partial charge is 0.467 e. The number of fused-ring (bicyclic) bond motifs is 1. The van der Waals surface area contributed by atoms with Gasteiger partial charge in [0.05, 0.1) is 23.0 Å². The molecule has 146 valence electrons. The number of anilines is 1. The second-order valence-electron chi connectivity index (χ2n) is 6.16. The van der Waals surface area contributed by atoms with E-state index in [1.54, 1.807) is 35.1 Å². The second-order valence-corrected chi connectivity index (χ2v) is 8.43. The lowest BCUT2D eigenvalue weighted by atomic mass is 10.2. The highest BCUT2D eigenvalue weighted by atomic mass is 35.5. The number of thiazole rings is 1. The number of benzene rings is 2. The lowest BCUT2D eigenvalue weighted by Crippen LogP contribution is -2.28. The van der Waals surface area contributed by atoms with Gasteiger partial charge in [-0.2, -0.15) is 0 Å². The number of aromatic nitrogens is 1. The van der Waals surface area contributed by atoms with Gasteiger partial charge in [-0.15, -0.1) is 11.8 Å². The fourth-order valence-electron chi connectivity index (χ4n) is 2.85. The van der Waals surface area contributed by atoms with E-state index in [0.29, 0.717) is 22.5 Å². The molecule has 2 aromatic heterocycles. The van der Waals surface area contributed by atoms with E-state index in [0.717, 1.165) is 20.7 Å². The van der Waals surface area contributed by atoms with Crippen LogP contribution < -0.4 is 4.90 Å². The lowest BCUT2D eigenvalue weighted by Gasteiger charge is -2.16. The molecular weight excluding hydrogens is 424 g/mol. The van der Waals surface area contributed by atoms with Crippen LogP contribution in [0.4, 0.5) is 5.13 Å². The predicted octanol–water partition coefficient (Wildman–Crippen LogP) is 6.51. The molecule has 0 bridgehead atoms. The maximum Gasteiger partial charge on any atom is 0.253 e. The Bertz CT molecular complexity index is 1170. The normalized spacial score (nSPS) is 11.4. The number of carbonyl (C=O) groups excluding carboxylic acids is 1. The van der Waals surface area contributed by atoms with E-state index in [4.69, 9.17) is 21.0 Å². The number of carbonyl (C=O) groups is 1. The van der Waals surface area contributed by atoms with Gasteiger partial charge in [0.15, 0.2) is 5.13 Å². The Morgan fingerprint density at radius 2 is 2.07 bits per heavy atom. The molecule has 0 atom stereocenters. The van der Waals surface area contributed by atoms with Crippen LogP contribution in [-0.2, 0) is 11.3 Å². The number of hydrogen-bond acceptors (Lipinski definition) is 5. The maximum absolute atomic E-state index is 13.1. The highest BCUT2D eigenvalue weighted by Gasteiger charge is 2.20. The van der Waals surface area contributed by atoms with Gasteiger partial charge in [0.2, 0.25) is 0 Å². The highest BCUT2D eigenvalue weighted by Crippen LogP contribution is 2.35. The maximum atomic E-state index is 13.1. The summed E-state index contributed by atoms with van der Waals surface area (Å²) in [5, 5.41) is 1.23. The van der Waals surface area contributed by atoms with Crippen molar-refractivity contribution in [2.75, 3.05) is 11.2 Å². The molecule has 0 aliphatic heterocycles. The van der Waals surface area contributed by atoms with Crippen molar-refractivity contribution < 1.29 is 9.21 Å². The molecule has 0 aliphatic carbocycles. The van der Waals surface area contributed by atoms with Gasteiger partial charge in [-0.25, -0.2) is 4.98 Å². The van der Waals surface area contributed by atoms with Gasteiger partial charge in [-0.05, 0) is 48.2 Å². The molecule has 4 nitrogen and oxygen atoms in total. The van der Waals surface area contributed by atoms with Crippen LogP contribution in [0.3, 0.4) is 0 Å². The number of para-hydroxylation sites is 1. The summed E-state index contributed by atoms with van der Waals surface area (Å²) < 4.78 is 6.51. The van der Waals surface area contributed by atoms with Gasteiger partial charge in [0.25, 0.3) is 5.91 Å². The van der Waals surface area contributed by atoms with Crippen LogP contribution in [0.25, 0.3) is 16.3 Å². The van der Waals surface area contributed by atoms with Crippen LogP contribution in [0.5, 0.6) is 0 Å². The zero-order chi connectivity index (χ0) is 20.2. The summed E-state index contributed by atoms with van der Waals surface area (Å²) in [7, 11) is 0. The summed E-state index contributed by atoms with van der Waals surface area (Å²) >= 11 is 9.33. The van der Waals surface area contributed by atoms with Gasteiger partial charge in [0.1, 0.15) is 5.76 Å². The molecule has 1 amide bonds. The first-order valence-electron chi connectivity index (χ1n) is 8.86. The summed E-state index contributed by atoms with van der Waals surface area (Å²) in [6.07, 6.45) is 6.86. The third-order valence-corrected chi connectivity index (χ3v) is 6.45. The number of halogens is 1. The molecule has 2 aromatic carbocycles. The van der Waals surface area contributed by atoms with Crippen molar-refractivity contribution in [3.8, 4) is 0 Å². The van der Waals surface area contributed by atoms with Crippen molar-refractivity contribution in [2.45, 2.75) is 11.4 Å². The van der Waals surface area contributed by atoms with E-state index >= 15 is 0 Å². The van der Waals surface area contributed by atoms with Gasteiger partial charge in [-0.3, -0.25) is 9.69 Å². The summed E-state index contributed by atoms with van der Waals surface area (Å²) in [5.41, 5.74) is 1.70. The van der Waals surface area contributed by atoms with Gasteiger partial charge in [0, 0.05) is 16.0 Å². The molecule has 0 fully saturated rings. The van der Waals surface area contributed by atoms with Crippen molar-refractivity contribution in [1.82, 2.24) is 4.98 Å². The van der Waals surface area contributed by atoms with Crippen molar-refractivity contribution >= 4 is 62.0 Å². The molecule has 7 heteroatoms. The molecule has 29 heavy (non-hydrogen) atoms. The molecule has 4 rings (SSSR count). The van der Waals surface area contributed by atoms with Gasteiger partial charge >= 0.3 is 0 Å². The number of rotatable bonds is 6. The van der Waals surface area contributed by atoms with E-state index < -0.39 is 0 Å². The standard InChI is InChI=1S/C22H17ClN2O2S2/c1-28-18-9-4-10-19-21(18)24-22(29-19)25(14-16-7-5-13-27-16)20(26)12-11-15-6-2-3-8-17(15)23/h2-13H,14H2,1H3/b12-11+. The Morgan fingerprint density at radius 1 is 1.21 bits per heavy atom. The van der Waals surface area contributed by atoms with Crippen molar-refractivity contribution in [3.05, 3.63) is 83.3 Å². The van der Waals surface area contributed by atoms with E-state index in [1.165, 1.54) is 17.4 Å². The third-order valence-electron chi connectivity index (χ3n) is 4.29. The molecule has 0 saturated heterocycles. The Labute approximate surface area is 181 Å². The SMILES string of the molecule is CSc1cccc2sc(N(Cc3ccco3)C(=O)/C=C/c3ccccc3Cl)nc12. The topological polar surface area (TPSA) is 46.3 Å². The minimum absolute atomic E-state index is 0.189. The second kappa shape index (κ2) is 8.86. The smallest absolute Gasteiger partial charge is 0.253 e. The molecule has 0 spiro atoms. The first-order valence-corrected chi connectivity index (χ1v) is 11.3. The van der Waals surface area contributed by atoms with Crippen LogP contribution in [0, 0.1) is 0 Å². The number of hydrogen-bond donors (Lipinski definition) is 0. The molecule has 0 aliphatic rings. The Morgan fingerprint density at radius 3 is 2.83 bits per heavy atom. The fourth-order valence-corrected chi connectivity index (χ4v) is 4.68. The van der Waals surface area contributed by atoms with E-state index in [1.807, 2.05) is 54.8 Å². The lowest BCUT2D eigenvalue weighted by molar-refractivity contribution is -0.114. The molecule has 2 heterocycles. The summed E-state index contributed by atoms with van der Waals surface area (Å²) in [4.78, 5) is 20.6. The molecular formula is C22H17ClN2O2S2. The van der Waals surface area contributed by atoms with E-state index in [2.05, 4.69) is 0 Å². The predicted molar refractivity (Wildman–Crippen MR) is 122 cm³/mol. The van der Waals surface area contributed by atoms with Crippen LogP contribution in [0.15, 0.2) is 76.2 Å². The number of furan rings is 1. The van der Waals surface area contributed by atoms with Crippen LogP contribution in [0.1, 0.15) is 11.3 Å². The highest BCUT2D eigenvalue weighted by molar-refractivity contribution is 7.98. The first kappa shape index (κ1) is 19.8. The van der Waals surface area contributed by atoms with Crippen LogP contribution >= 0.6 is 34.7 Å². The van der Waals surface area contributed by atoms with Crippen LogP contribution in [-0.4, -0.2) is 17.1 Å². The van der Waals surface area contributed by atoms with Crippen molar-refractivity contribution in [2.24, 2.45) is 0 Å². The summed E-state index contributed by atoms with van der Waals surface area (Å²) in [5.74, 6) is 0.500. The monoisotopic (exact) mass is 440 g/mol. The quantitative estimate of drug-likeness (QED) is 0.253. The number of nitrogens with zero attached hydrogens (tertiary/aromatic N) is 2.